The van der Waals surface area contributed by atoms with Crippen molar-refractivity contribution in [2.45, 2.75) is 39.2 Å². The maximum atomic E-state index is 6.28. The molecule has 82 valence electrons. The first-order valence-corrected chi connectivity index (χ1v) is 5.25. The average molecular weight is 218 g/mol. The topological polar surface area (TPSA) is 21.3 Å². The molecule has 14 heavy (non-hydrogen) atoms. The SMILES string of the molecule is C=CN/C(CC)=C(\Cl)C(C)(CC)OC. The highest BCUT2D eigenvalue weighted by molar-refractivity contribution is 6.31. The third kappa shape index (κ3) is 3.03. The summed E-state index contributed by atoms with van der Waals surface area (Å²) < 4.78 is 5.41. The van der Waals surface area contributed by atoms with Crippen molar-refractivity contribution in [2.24, 2.45) is 0 Å². The summed E-state index contributed by atoms with van der Waals surface area (Å²) in [5.74, 6) is 0. The van der Waals surface area contributed by atoms with Crippen LogP contribution in [0.15, 0.2) is 23.5 Å². The van der Waals surface area contributed by atoms with E-state index in [0.29, 0.717) is 0 Å². The smallest absolute Gasteiger partial charge is 0.102 e. The molecule has 0 aliphatic heterocycles. The van der Waals surface area contributed by atoms with Gasteiger partial charge in [0, 0.05) is 12.8 Å². The summed E-state index contributed by atoms with van der Waals surface area (Å²) in [6.45, 7) is 9.69. The summed E-state index contributed by atoms with van der Waals surface area (Å²) in [7, 11) is 1.67. The summed E-state index contributed by atoms with van der Waals surface area (Å²) >= 11 is 6.28. The number of hydrogen-bond donors (Lipinski definition) is 1. The van der Waals surface area contributed by atoms with Crippen LogP contribution in [-0.2, 0) is 4.74 Å². The molecule has 0 radical (unpaired) electrons. The zero-order valence-electron chi connectivity index (χ0n) is 9.48. The highest BCUT2D eigenvalue weighted by atomic mass is 35.5. The zero-order chi connectivity index (χ0) is 11.2. The largest absolute Gasteiger partial charge is 0.373 e. The Morgan fingerprint density at radius 1 is 1.57 bits per heavy atom. The minimum atomic E-state index is -0.400. The second-order valence-electron chi connectivity index (χ2n) is 3.28. The predicted octanol–water partition coefficient (Wildman–Crippen LogP) is 3.40. The van der Waals surface area contributed by atoms with E-state index in [4.69, 9.17) is 16.3 Å². The quantitative estimate of drug-likeness (QED) is 0.737. The molecule has 0 aromatic carbocycles. The van der Waals surface area contributed by atoms with Crippen LogP contribution in [0.25, 0.3) is 0 Å². The summed E-state index contributed by atoms with van der Waals surface area (Å²) in [5, 5.41) is 3.76. The van der Waals surface area contributed by atoms with E-state index >= 15 is 0 Å². The number of halogens is 1. The van der Waals surface area contributed by atoms with Crippen molar-refractivity contribution in [1.29, 1.82) is 0 Å². The van der Waals surface area contributed by atoms with Crippen LogP contribution in [0, 0.1) is 0 Å². The molecule has 1 atom stereocenters. The van der Waals surface area contributed by atoms with E-state index in [1.807, 2.05) is 20.8 Å². The van der Waals surface area contributed by atoms with Crippen molar-refractivity contribution < 1.29 is 4.74 Å². The van der Waals surface area contributed by atoms with Crippen molar-refractivity contribution in [2.75, 3.05) is 7.11 Å². The molecule has 1 N–H and O–H groups in total. The van der Waals surface area contributed by atoms with Gasteiger partial charge in [0.15, 0.2) is 0 Å². The standard InChI is InChI=1S/C11H20ClNO/c1-6-9(13-8-3)10(12)11(4,7-2)14-5/h8,13H,3,6-7H2,1-2,4-5H3/b10-9-. The van der Waals surface area contributed by atoms with E-state index in [2.05, 4.69) is 11.9 Å². The first-order valence-electron chi connectivity index (χ1n) is 4.87. The van der Waals surface area contributed by atoms with Crippen molar-refractivity contribution in [3.8, 4) is 0 Å². The Morgan fingerprint density at radius 2 is 2.14 bits per heavy atom. The highest BCUT2D eigenvalue weighted by Crippen LogP contribution is 2.30. The van der Waals surface area contributed by atoms with Gasteiger partial charge in [-0.1, -0.05) is 32.0 Å². The maximum Gasteiger partial charge on any atom is 0.102 e. The molecule has 0 fully saturated rings. The Kier molecular flexibility index (Phi) is 5.89. The number of ether oxygens (including phenoxy) is 1. The van der Waals surface area contributed by atoms with E-state index in [1.165, 1.54) is 0 Å². The second-order valence-corrected chi connectivity index (χ2v) is 3.66. The van der Waals surface area contributed by atoms with E-state index in [-0.39, 0.29) is 0 Å². The Labute approximate surface area is 92.0 Å². The van der Waals surface area contributed by atoms with Crippen molar-refractivity contribution >= 4 is 11.6 Å². The predicted molar refractivity (Wildman–Crippen MR) is 62.2 cm³/mol. The molecule has 0 spiro atoms. The monoisotopic (exact) mass is 217 g/mol. The fourth-order valence-electron chi connectivity index (χ4n) is 1.15. The molecule has 3 heteroatoms. The summed E-state index contributed by atoms with van der Waals surface area (Å²) in [6.07, 6.45) is 3.31. The van der Waals surface area contributed by atoms with E-state index < -0.39 is 5.60 Å². The molecule has 0 aromatic rings. The van der Waals surface area contributed by atoms with Gasteiger partial charge in [0.2, 0.25) is 0 Å². The van der Waals surface area contributed by atoms with Crippen LogP contribution in [-0.4, -0.2) is 12.7 Å². The molecular formula is C11H20ClNO. The first kappa shape index (κ1) is 13.5. The molecular weight excluding hydrogens is 198 g/mol. The number of allylic oxidation sites excluding steroid dienone is 1. The van der Waals surface area contributed by atoms with E-state index in [0.717, 1.165) is 23.6 Å². The van der Waals surface area contributed by atoms with Crippen molar-refractivity contribution in [1.82, 2.24) is 5.32 Å². The van der Waals surface area contributed by atoms with E-state index in [9.17, 15) is 0 Å². The number of methoxy groups -OCH3 is 1. The lowest BCUT2D eigenvalue weighted by Crippen LogP contribution is -2.29. The van der Waals surface area contributed by atoms with Crippen LogP contribution in [0.1, 0.15) is 33.6 Å². The molecule has 0 saturated heterocycles. The minimum absolute atomic E-state index is 0.400. The Bertz CT molecular complexity index is 219. The summed E-state index contributed by atoms with van der Waals surface area (Å²) in [4.78, 5) is 0. The second kappa shape index (κ2) is 6.10. The molecule has 1 unspecified atom stereocenters. The lowest BCUT2D eigenvalue weighted by atomic mass is 10.0. The highest BCUT2D eigenvalue weighted by Gasteiger charge is 2.27. The lowest BCUT2D eigenvalue weighted by Gasteiger charge is -2.28. The summed E-state index contributed by atoms with van der Waals surface area (Å²) in [5.41, 5.74) is 0.566. The van der Waals surface area contributed by atoms with Gasteiger partial charge >= 0.3 is 0 Å². The van der Waals surface area contributed by atoms with Gasteiger partial charge < -0.3 is 10.1 Å². The van der Waals surface area contributed by atoms with Gasteiger partial charge in [-0.2, -0.15) is 0 Å². The van der Waals surface area contributed by atoms with Gasteiger partial charge in [0.05, 0.1) is 5.03 Å². The molecule has 0 bridgehead atoms. The van der Waals surface area contributed by atoms with Crippen LogP contribution in [0.4, 0.5) is 0 Å². The van der Waals surface area contributed by atoms with Crippen molar-refractivity contribution in [3.05, 3.63) is 23.5 Å². The molecule has 0 saturated carbocycles. The van der Waals surface area contributed by atoms with E-state index in [1.54, 1.807) is 13.3 Å². The Balaban J connectivity index is 4.98. The van der Waals surface area contributed by atoms with Gasteiger partial charge in [0.1, 0.15) is 5.60 Å². The third-order valence-corrected chi connectivity index (χ3v) is 3.11. The van der Waals surface area contributed by atoms with Gasteiger partial charge in [-0.15, -0.1) is 0 Å². The molecule has 0 aliphatic rings. The molecule has 0 rings (SSSR count). The molecule has 2 nitrogen and oxygen atoms in total. The average Bonchev–Trinajstić information content (AvgIpc) is 2.23. The van der Waals surface area contributed by atoms with Gasteiger partial charge in [0.25, 0.3) is 0 Å². The first-order chi connectivity index (χ1) is 6.55. The Morgan fingerprint density at radius 3 is 2.43 bits per heavy atom. The lowest BCUT2D eigenvalue weighted by molar-refractivity contribution is 0.0404. The third-order valence-electron chi connectivity index (χ3n) is 2.48. The fourth-order valence-corrected chi connectivity index (χ4v) is 1.55. The number of nitrogens with one attached hydrogen (secondary N) is 1. The molecule has 0 aromatic heterocycles. The van der Waals surface area contributed by atoms with Crippen LogP contribution < -0.4 is 5.32 Å². The number of hydrogen-bond acceptors (Lipinski definition) is 2. The fraction of sp³-hybridized carbons (Fsp3) is 0.636. The Hall–Kier alpha value is -0.470. The van der Waals surface area contributed by atoms with Crippen LogP contribution >= 0.6 is 11.6 Å². The molecule has 0 aliphatic carbocycles. The maximum absolute atomic E-state index is 6.28. The van der Waals surface area contributed by atoms with Gasteiger partial charge in [-0.25, -0.2) is 0 Å². The summed E-state index contributed by atoms with van der Waals surface area (Å²) in [6, 6.07) is 0. The van der Waals surface area contributed by atoms with Gasteiger partial charge in [-0.3, -0.25) is 0 Å². The minimum Gasteiger partial charge on any atom is -0.373 e. The zero-order valence-corrected chi connectivity index (χ0v) is 10.2. The number of rotatable bonds is 6. The van der Waals surface area contributed by atoms with Crippen molar-refractivity contribution in [3.63, 3.8) is 0 Å². The van der Waals surface area contributed by atoms with Crippen LogP contribution in [0.2, 0.25) is 0 Å². The normalized spacial score (nSPS) is 16.9. The molecule has 0 amide bonds. The van der Waals surface area contributed by atoms with Gasteiger partial charge in [-0.05, 0) is 26.0 Å². The van der Waals surface area contributed by atoms with Crippen LogP contribution in [0.5, 0.6) is 0 Å². The van der Waals surface area contributed by atoms with Crippen LogP contribution in [0.3, 0.4) is 0 Å². The molecule has 0 heterocycles.